The topological polar surface area (TPSA) is 88.7 Å². The van der Waals surface area contributed by atoms with Crippen molar-refractivity contribution in [1.29, 1.82) is 0 Å². The maximum atomic E-state index is 13.4. The maximum absolute atomic E-state index is 13.4. The molecule has 0 saturated carbocycles. The van der Waals surface area contributed by atoms with Gasteiger partial charge in [-0.1, -0.05) is 15.9 Å². The number of carbonyl (C=O) groups is 1. The highest BCUT2D eigenvalue weighted by Crippen LogP contribution is 2.35. The number of aromatic amines is 1. The SMILES string of the molecule is CN1CCN(C(=O)Nc2[nH]c3ccc(Br)cc3c2S(=O)(=O)N2CCCC2)CC1. The van der Waals surface area contributed by atoms with E-state index in [1.807, 2.05) is 19.2 Å². The molecule has 2 saturated heterocycles. The van der Waals surface area contributed by atoms with E-state index in [0.717, 1.165) is 30.4 Å². The smallest absolute Gasteiger partial charge is 0.323 e. The van der Waals surface area contributed by atoms with Crippen LogP contribution in [0.4, 0.5) is 10.6 Å². The highest BCUT2D eigenvalue weighted by molar-refractivity contribution is 9.10. The standard InChI is InChI=1S/C18H24BrN5O3S/c1-22-8-10-23(11-9-22)18(25)21-17-16(28(26,27)24-6-2-3-7-24)14-12-13(19)4-5-15(14)20-17/h4-5,12,20H,2-3,6-11H2,1H3,(H,21,25). The van der Waals surface area contributed by atoms with Gasteiger partial charge in [-0.3, -0.25) is 5.32 Å². The van der Waals surface area contributed by atoms with Crippen molar-refractivity contribution in [2.75, 3.05) is 51.6 Å². The number of fused-ring (bicyclic) bond motifs is 1. The molecule has 2 amide bonds. The van der Waals surface area contributed by atoms with Crippen LogP contribution in [0.15, 0.2) is 27.6 Å². The second kappa shape index (κ2) is 7.66. The molecule has 0 radical (unpaired) electrons. The van der Waals surface area contributed by atoms with Crippen LogP contribution in [0.1, 0.15) is 12.8 Å². The largest absolute Gasteiger partial charge is 0.340 e. The molecular formula is C18H24BrN5O3S. The van der Waals surface area contributed by atoms with E-state index < -0.39 is 10.0 Å². The van der Waals surface area contributed by atoms with Gasteiger partial charge in [0.15, 0.2) is 0 Å². The van der Waals surface area contributed by atoms with E-state index in [-0.39, 0.29) is 16.7 Å². The predicted octanol–water partition coefficient (Wildman–Crippen LogP) is 2.49. The van der Waals surface area contributed by atoms with Crippen LogP contribution in [0.5, 0.6) is 0 Å². The van der Waals surface area contributed by atoms with Crippen molar-refractivity contribution in [3.8, 4) is 0 Å². The van der Waals surface area contributed by atoms with Crippen LogP contribution in [0, 0.1) is 0 Å². The van der Waals surface area contributed by atoms with Crippen LogP contribution in [0.2, 0.25) is 0 Å². The number of hydrogen-bond acceptors (Lipinski definition) is 4. The van der Waals surface area contributed by atoms with Crippen LogP contribution < -0.4 is 5.32 Å². The first-order chi connectivity index (χ1) is 13.4. The lowest BCUT2D eigenvalue weighted by molar-refractivity contribution is 0.164. The van der Waals surface area contributed by atoms with Gasteiger partial charge < -0.3 is 14.8 Å². The Hall–Kier alpha value is -1.62. The number of rotatable bonds is 3. The molecule has 0 unspecified atom stereocenters. The summed E-state index contributed by atoms with van der Waals surface area (Å²) in [6.45, 7) is 3.84. The first-order valence-electron chi connectivity index (χ1n) is 9.42. The lowest BCUT2D eigenvalue weighted by Crippen LogP contribution is -2.48. The van der Waals surface area contributed by atoms with Gasteiger partial charge in [0, 0.05) is 54.6 Å². The van der Waals surface area contributed by atoms with Crippen LogP contribution in [0.25, 0.3) is 10.9 Å². The number of sulfonamides is 1. The van der Waals surface area contributed by atoms with Crippen LogP contribution in [0.3, 0.4) is 0 Å². The second-order valence-electron chi connectivity index (χ2n) is 7.35. The first-order valence-corrected chi connectivity index (χ1v) is 11.7. The summed E-state index contributed by atoms with van der Waals surface area (Å²) in [7, 11) is -1.70. The minimum atomic E-state index is -3.71. The van der Waals surface area contributed by atoms with Crippen molar-refractivity contribution >= 4 is 48.7 Å². The Morgan fingerprint density at radius 2 is 1.79 bits per heavy atom. The first kappa shape index (κ1) is 19.7. The molecule has 28 heavy (non-hydrogen) atoms. The Morgan fingerprint density at radius 1 is 1.11 bits per heavy atom. The zero-order valence-corrected chi connectivity index (χ0v) is 18.1. The molecule has 1 aromatic carbocycles. The van der Waals surface area contributed by atoms with Crippen molar-refractivity contribution in [1.82, 2.24) is 19.1 Å². The number of nitrogens with one attached hydrogen (secondary N) is 2. The lowest BCUT2D eigenvalue weighted by atomic mass is 10.2. The number of benzene rings is 1. The number of hydrogen-bond donors (Lipinski definition) is 2. The average Bonchev–Trinajstić information content (AvgIpc) is 3.30. The van der Waals surface area contributed by atoms with E-state index in [2.05, 4.69) is 31.1 Å². The van der Waals surface area contributed by atoms with Gasteiger partial charge in [0.05, 0.1) is 0 Å². The molecule has 0 bridgehead atoms. The molecule has 2 aromatic rings. The van der Waals surface area contributed by atoms with Gasteiger partial charge in [-0.05, 0) is 38.1 Å². The number of aromatic nitrogens is 1. The molecule has 3 heterocycles. The summed E-state index contributed by atoms with van der Waals surface area (Å²) in [6, 6.07) is 5.15. The van der Waals surface area contributed by atoms with E-state index in [1.54, 1.807) is 11.0 Å². The van der Waals surface area contributed by atoms with Crippen LogP contribution >= 0.6 is 15.9 Å². The van der Waals surface area contributed by atoms with Gasteiger partial charge in [0.1, 0.15) is 10.7 Å². The van der Waals surface area contributed by atoms with Crippen molar-refractivity contribution in [3.63, 3.8) is 0 Å². The van der Waals surface area contributed by atoms with Gasteiger partial charge in [-0.2, -0.15) is 4.31 Å². The number of urea groups is 1. The number of carbonyl (C=O) groups excluding carboxylic acids is 1. The summed E-state index contributed by atoms with van der Waals surface area (Å²) in [4.78, 5) is 19.9. The third kappa shape index (κ3) is 3.66. The summed E-state index contributed by atoms with van der Waals surface area (Å²) >= 11 is 3.42. The molecule has 1 aromatic heterocycles. The molecule has 8 nitrogen and oxygen atoms in total. The molecule has 4 rings (SSSR count). The number of piperazine rings is 1. The van der Waals surface area contributed by atoms with Crippen LogP contribution in [-0.4, -0.2) is 79.9 Å². The fourth-order valence-electron chi connectivity index (χ4n) is 3.75. The molecule has 0 atom stereocenters. The van der Waals surface area contributed by atoms with Gasteiger partial charge in [0.25, 0.3) is 0 Å². The molecule has 152 valence electrons. The molecule has 0 aliphatic carbocycles. The molecule has 2 N–H and O–H groups in total. The predicted molar refractivity (Wildman–Crippen MR) is 112 cm³/mol. The summed E-state index contributed by atoms with van der Waals surface area (Å²) in [5, 5.41) is 3.40. The monoisotopic (exact) mass is 469 g/mol. The fraction of sp³-hybridized carbons (Fsp3) is 0.500. The number of nitrogens with zero attached hydrogens (tertiary/aromatic N) is 3. The van der Waals surface area contributed by atoms with Crippen LogP contribution in [-0.2, 0) is 10.0 Å². The minimum Gasteiger partial charge on any atom is -0.340 e. The Bertz CT molecular complexity index is 992. The van der Waals surface area contributed by atoms with E-state index in [4.69, 9.17) is 0 Å². The molecule has 10 heteroatoms. The number of halogens is 1. The minimum absolute atomic E-state index is 0.146. The van der Waals surface area contributed by atoms with Crippen molar-refractivity contribution < 1.29 is 13.2 Å². The summed E-state index contributed by atoms with van der Waals surface area (Å²) in [5.74, 6) is 0.240. The third-order valence-electron chi connectivity index (χ3n) is 5.40. The van der Waals surface area contributed by atoms with E-state index in [9.17, 15) is 13.2 Å². The van der Waals surface area contributed by atoms with Crippen molar-refractivity contribution in [2.45, 2.75) is 17.7 Å². The molecule has 2 aliphatic heterocycles. The number of likely N-dealkylation sites (N-methyl/N-ethyl adjacent to an activating group) is 1. The van der Waals surface area contributed by atoms with Crippen molar-refractivity contribution in [2.24, 2.45) is 0 Å². The fourth-order valence-corrected chi connectivity index (χ4v) is 5.91. The average molecular weight is 470 g/mol. The second-order valence-corrected chi connectivity index (χ2v) is 10.1. The quantitative estimate of drug-likeness (QED) is 0.722. The van der Waals surface area contributed by atoms with E-state index in [1.165, 1.54) is 4.31 Å². The highest BCUT2D eigenvalue weighted by Gasteiger charge is 2.33. The Balaban J connectivity index is 1.72. The summed E-state index contributed by atoms with van der Waals surface area (Å²) < 4.78 is 29.0. The number of H-pyrrole nitrogens is 1. The number of anilines is 1. The maximum Gasteiger partial charge on any atom is 0.323 e. The lowest BCUT2D eigenvalue weighted by Gasteiger charge is -2.32. The van der Waals surface area contributed by atoms with Crippen molar-refractivity contribution in [3.05, 3.63) is 22.7 Å². The normalized spacial score (nSPS) is 19.4. The summed E-state index contributed by atoms with van der Waals surface area (Å²) in [5.41, 5.74) is 0.676. The Morgan fingerprint density at radius 3 is 2.46 bits per heavy atom. The van der Waals surface area contributed by atoms with Gasteiger partial charge in [-0.15, -0.1) is 0 Å². The zero-order chi connectivity index (χ0) is 19.9. The zero-order valence-electron chi connectivity index (χ0n) is 15.7. The Labute approximate surface area is 173 Å². The number of amides is 2. The molecule has 2 aliphatic rings. The van der Waals surface area contributed by atoms with E-state index in [0.29, 0.717) is 37.1 Å². The molecule has 2 fully saturated rings. The van der Waals surface area contributed by atoms with Gasteiger partial charge in [-0.25, -0.2) is 13.2 Å². The Kier molecular flexibility index (Phi) is 5.38. The molecule has 0 spiro atoms. The summed E-state index contributed by atoms with van der Waals surface area (Å²) in [6.07, 6.45) is 1.71. The van der Waals surface area contributed by atoms with Gasteiger partial charge >= 0.3 is 6.03 Å². The van der Waals surface area contributed by atoms with Gasteiger partial charge in [0.2, 0.25) is 10.0 Å². The highest BCUT2D eigenvalue weighted by atomic mass is 79.9. The third-order valence-corrected chi connectivity index (χ3v) is 7.88. The van der Waals surface area contributed by atoms with E-state index >= 15 is 0 Å². The molecular weight excluding hydrogens is 446 g/mol.